The molecule has 160 valence electrons. The standard InChI is InChI=1S/C23H18FN5O3/c1-14(2)28-22(31)20-21(29(23(28)32)18-9-7-17(24)8-10-18)26-13-27(20)12-19(30)16-5-3-15(11-25)4-6-16/h3-10,13-14H,12H2,1-2H3. The molecule has 2 aromatic heterocycles. The fraction of sp³-hybridized carbons (Fsp3) is 0.174. The second-order valence-electron chi connectivity index (χ2n) is 7.52. The number of halogens is 1. The van der Waals surface area contributed by atoms with E-state index in [1.54, 1.807) is 26.0 Å². The fourth-order valence-electron chi connectivity index (χ4n) is 3.53. The van der Waals surface area contributed by atoms with E-state index in [0.29, 0.717) is 16.8 Å². The second-order valence-corrected chi connectivity index (χ2v) is 7.52. The van der Waals surface area contributed by atoms with E-state index in [1.165, 1.54) is 51.9 Å². The molecule has 0 unspecified atom stereocenters. The van der Waals surface area contributed by atoms with Gasteiger partial charge < -0.3 is 4.57 Å². The summed E-state index contributed by atoms with van der Waals surface area (Å²) in [6, 6.07) is 13.0. The third-order valence-corrected chi connectivity index (χ3v) is 5.10. The molecule has 4 aromatic rings. The maximum Gasteiger partial charge on any atom is 0.337 e. The first-order valence-electron chi connectivity index (χ1n) is 9.83. The van der Waals surface area contributed by atoms with E-state index in [0.717, 1.165) is 4.57 Å². The van der Waals surface area contributed by atoms with E-state index in [-0.39, 0.29) is 23.5 Å². The van der Waals surface area contributed by atoms with Crippen molar-refractivity contribution in [3.8, 4) is 11.8 Å². The van der Waals surface area contributed by atoms with Gasteiger partial charge in [0.2, 0.25) is 0 Å². The smallest absolute Gasteiger partial charge is 0.317 e. The van der Waals surface area contributed by atoms with Crippen LogP contribution in [-0.4, -0.2) is 24.5 Å². The van der Waals surface area contributed by atoms with Gasteiger partial charge in [0.05, 0.1) is 30.2 Å². The molecule has 2 aromatic carbocycles. The highest BCUT2D eigenvalue weighted by Gasteiger charge is 2.21. The van der Waals surface area contributed by atoms with E-state index in [4.69, 9.17) is 5.26 Å². The lowest BCUT2D eigenvalue weighted by Crippen LogP contribution is -2.41. The van der Waals surface area contributed by atoms with Crippen LogP contribution in [0.15, 0.2) is 64.4 Å². The van der Waals surface area contributed by atoms with Gasteiger partial charge in [-0.25, -0.2) is 18.7 Å². The van der Waals surface area contributed by atoms with Crippen LogP contribution in [0.25, 0.3) is 16.9 Å². The van der Waals surface area contributed by atoms with Crippen molar-refractivity contribution >= 4 is 16.9 Å². The van der Waals surface area contributed by atoms with E-state index in [9.17, 15) is 18.8 Å². The summed E-state index contributed by atoms with van der Waals surface area (Å²) >= 11 is 0. The molecule has 32 heavy (non-hydrogen) atoms. The maximum atomic E-state index is 13.4. The third kappa shape index (κ3) is 3.52. The molecule has 0 aliphatic heterocycles. The summed E-state index contributed by atoms with van der Waals surface area (Å²) in [7, 11) is 0. The first kappa shape index (κ1) is 20.9. The topological polar surface area (TPSA) is 103 Å². The highest BCUT2D eigenvalue weighted by Crippen LogP contribution is 2.16. The number of carbonyl (C=O) groups excluding carboxylic acids is 1. The van der Waals surface area contributed by atoms with Gasteiger partial charge in [-0.3, -0.25) is 14.2 Å². The Labute approximate surface area is 181 Å². The average molecular weight is 431 g/mol. The van der Waals surface area contributed by atoms with Gasteiger partial charge in [-0.1, -0.05) is 12.1 Å². The van der Waals surface area contributed by atoms with Crippen molar-refractivity contribution in [2.24, 2.45) is 0 Å². The van der Waals surface area contributed by atoms with Crippen LogP contribution in [0.5, 0.6) is 0 Å². The Kier molecular flexibility index (Phi) is 5.28. The number of nitriles is 1. The lowest BCUT2D eigenvalue weighted by Gasteiger charge is -2.14. The van der Waals surface area contributed by atoms with E-state index in [1.807, 2.05) is 6.07 Å². The number of fused-ring (bicyclic) bond motifs is 1. The number of Topliss-reactive ketones (excluding diaryl/α,β-unsaturated/α-hetero) is 1. The molecule has 9 heteroatoms. The van der Waals surface area contributed by atoms with Gasteiger partial charge in [-0.05, 0) is 50.2 Å². The molecule has 4 rings (SSSR count). The Balaban J connectivity index is 1.89. The summed E-state index contributed by atoms with van der Waals surface area (Å²) < 4.78 is 17.1. The van der Waals surface area contributed by atoms with Crippen LogP contribution < -0.4 is 11.2 Å². The number of benzene rings is 2. The Hall–Kier alpha value is -4.32. The monoisotopic (exact) mass is 431 g/mol. The minimum atomic E-state index is -0.604. The summed E-state index contributed by atoms with van der Waals surface area (Å²) in [6.45, 7) is 3.22. The molecule has 0 aliphatic rings. The molecular formula is C23H18FN5O3. The quantitative estimate of drug-likeness (QED) is 0.452. The van der Waals surface area contributed by atoms with Crippen molar-refractivity contribution in [2.45, 2.75) is 26.4 Å². The Morgan fingerprint density at radius 3 is 2.34 bits per heavy atom. The van der Waals surface area contributed by atoms with Crippen LogP contribution in [0, 0.1) is 17.1 Å². The number of ketones is 1. The lowest BCUT2D eigenvalue weighted by atomic mass is 10.1. The predicted molar refractivity (Wildman–Crippen MR) is 115 cm³/mol. The number of nitrogens with zero attached hydrogens (tertiary/aromatic N) is 5. The Morgan fingerprint density at radius 2 is 1.75 bits per heavy atom. The molecule has 0 radical (unpaired) electrons. The number of rotatable bonds is 5. The molecule has 8 nitrogen and oxygen atoms in total. The minimum absolute atomic E-state index is 0.0798. The van der Waals surface area contributed by atoms with Gasteiger partial charge in [-0.15, -0.1) is 0 Å². The van der Waals surface area contributed by atoms with Crippen molar-refractivity contribution in [1.29, 1.82) is 5.26 Å². The largest absolute Gasteiger partial charge is 0.337 e. The van der Waals surface area contributed by atoms with Crippen LogP contribution in [0.1, 0.15) is 35.8 Å². The minimum Gasteiger partial charge on any atom is -0.317 e. The van der Waals surface area contributed by atoms with E-state index >= 15 is 0 Å². The summed E-state index contributed by atoms with van der Waals surface area (Å²) in [4.78, 5) is 43.4. The molecule has 0 N–H and O–H groups in total. The predicted octanol–water partition coefficient (Wildman–Crippen LogP) is 2.82. The van der Waals surface area contributed by atoms with Gasteiger partial charge in [0.1, 0.15) is 5.82 Å². The zero-order valence-corrected chi connectivity index (χ0v) is 17.3. The van der Waals surface area contributed by atoms with Crippen LogP contribution in [-0.2, 0) is 6.54 Å². The molecule has 0 bridgehead atoms. The summed E-state index contributed by atoms with van der Waals surface area (Å²) in [6.07, 6.45) is 1.33. The number of hydrogen-bond acceptors (Lipinski definition) is 5. The van der Waals surface area contributed by atoms with Gasteiger partial charge in [0, 0.05) is 11.6 Å². The number of aromatic nitrogens is 4. The average Bonchev–Trinajstić information content (AvgIpc) is 3.18. The number of hydrogen-bond donors (Lipinski definition) is 0. The highest BCUT2D eigenvalue weighted by molar-refractivity contribution is 5.96. The van der Waals surface area contributed by atoms with Crippen LogP contribution in [0.4, 0.5) is 4.39 Å². The normalized spacial score (nSPS) is 11.1. The number of carbonyl (C=O) groups is 1. The molecule has 0 saturated carbocycles. The Morgan fingerprint density at radius 1 is 1.09 bits per heavy atom. The zero-order valence-electron chi connectivity index (χ0n) is 17.3. The molecule has 0 atom stereocenters. The number of imidazole rings is 1. The SMILES string of the molecule is CC(C)n1c(=O)c2c(ncn2CC(=O)c2ccc(C#N)cc2)n(-c2ccc(F)cc2)c1=O. The van der Waals surface area contributed by atoms with Crippen molar-refractivity contribution in [3.63, 3.8) is 0 Å². The summed E-state index contributed by atoms with van der Waals surface area (Å²) in [5.74, 6) is -0.752. The van der Waals surface area contributed by atoms with Gasteiger partial charge >= 0.3 is 5.69 Å². The highest BCUT2D eigenvalue weighted by atomic mass is 19.1. The van der Waals surface area contributed by atoms with Crippen LogP contribution >= 0.6 is 0 Å². The molecular weight excluding hydrogens is 413 g/mol. The maximum absolute atomic E-state index is 13.4. The van der Waals surface area contributed by atoms with Gasteiger partial charge in [0.15, 0.2) is 16.9 Å². The van der Waals surface area contributed by atoms with Crippen molar-refractivity contribution < 1.29 is 9.18 Å². The first-order chi connectivity index (χ1) is 15.3. The summed E-state index contributed by atoms with van der Waals surface area (Å²) in [5, 5.41) is 8.92. The molecule has 0 spiro atoms. The molecule has 0 saturated heterocycles. The van der Waals surface area contributed by atoms with Crippen LogP contribution in [0.3, 0.4) is 0 Å². The first-order valence-corrected chi connectivity index (χ1v) is 9.83. The van der Waals surface area contributed by atoms with Gasteiger partial charge in [-0.2, -0.15) is 5.26 Å². The van der Waals surface area contributed by atoms with Crippen molar-refractivity contribution in [3.05, 3.63) is 92.6 Å². The van der Waals surface area contributed by atoms with Crippen LogP contribution in [0.2, 0.25) is 0 Å². The second kappa shape index (κ2) is 8.07. The van der Waals surface area contributed by atoms with E-state index in [2.05, 4.69) is 4.98 Å². The summed E-state index contributed by atoms with van der Waals surface area (Å²) in [5.41, 5.74) is 0.149. The van der Waals surface area contributed by atoms with E-state index < -0.39 is 23.1 Å². The Bertz CT molecular complexity index is 1490. The molecule has 0 amide bonds. The van der Waals surface area contributed by atoms with Crippen molar-refractivity contribution in [1.82, 2.24) is 18.7 Å². The lowest BCUT2D eigenvalue weighted by molar-refractivity contribution is 0.0973. The molecule has 0 fully saturated rings. The van der Waals surface area contributed by atoms with Gasteiger partial charge in [0.25, 0.3) is 5.56 Å². The third-order valence-electron chi connectivity index (χ3n) is 5.10. The molecule has 0 aliphatic carbocycles. The zero-order chi connectivity index (χ0) is 23.0. The van der Waals surface area contributed by atoms with Crippen molar-refractivity contribution in [2.75, 3.05) is 0 Å². The fourth-order valence-corrected chi connectivity index (χ4v) is 3.53. The molecule has 2 heterocycles.